The van der Waals surface area contributed by atoms with Gasteiger partial charge >= 0.3 is 0 Å². The molecule has 0 fully saturated rings. The molecule has 11 aromatic rings. The van der Waals surface area contributed by atoms with E-state index in [0.717, 1.165) is 54.8 Å². The number of hydrogen-bond acceptors (Lipinski definition) is 5. The lowest BCUT2D eigenvalue weighted by atomic mass is 9.95. The van der Waals surface area contributed by atoms with Gasteiger partial charge in [-0.15, -0.1) is 11.3 Å². The van der Waals surface area contributed by atoms with Gasteiger partial charge in [0.2, 0.25) is 0 Å². The molecule has 11 rings (SSSR count). The molecular weight excluding hydrogens is 655 g/mol. The Labute approximate surface area is 302 Å². The number of fused-ring (bicyclic) bond motifs is 9. The fourth-order valence-electron chi connectivity index (χ4n) is 7.64. The summed E-state index contributed by atoms with van der Waals surface area (Å²) >= 11 is 1.79. The smallest absolute Gasteiger partial charge is 0.164 e. The van der Waals surface area contributed by atoms with E-state index in [-0.39, 0.29) is 0 Å². The van der Waals surface area contributed by atoms with E-state index in [2.05, 4.69) is 164 Å². The monoisotopic (exact) mass is 681 g/mol. The minimum atomic E-state index is 0.599. The van der Waals surface area contributed by atoms with E-state index in [4.69, 9.17) is 19.4 Å². The summed E-state index contributed by atoms with van der Waals surface area (Å²) in [5, 5.41) is 9.08. The molecule has 0 aliphatic heterocycles. The van der Waals surface area contributed by atoms with Crippen molar-refractivity contribution in [2.24, 2.45) is 0 Å². The van der Waals surface area contributed by atoms with Crippen LogP contribution >= 0.6 is 11.3 Å². The molecule has 0 spiro atoms. The largest absolute Gasteiger partial charge is 0.455 e. The Morgan fingerprint density at radius 3 is 1.92 bits per heavy atom. The summed E-state index contributed by atoms with van der Waals surface area (Å²) in [6.45, 7) is 0. The van der Waals surface area contributed by atoms with Crippen LogP contribution in [0, 0.1) is 0 Å². The third-order valence-corrected chi connectivity index (χ3v) is 11.2. The molecule has 52 heavy (non-hydrogen) atoms. The highest BCUT2D eigenvalue weighted by atomic mass is 32.1. The van der Waals surface area contributed by atoms with Gasteiger partial charge in [0.25, 0.3) is 0 Å². The number of furan rings is 1. The van der Waals surface area contributed by atoms with Gasteiger partial charge in [-0.1, -0.05) is 127 Å². The van der Waals surface area contributed by atoms with Crippen molar-refractivity contribution in [3.63, 3.8) is 0 Å². The first kappa shape index (κ1) is 29.1. The van der Waals surface area contributed by atoms with E-state index < -0.39 is 0 Å². The molecule has 0 aliphatic carbocycles. The van der Waals surface area contributed by atoms with Crippen molar-refractivity contribution in [1.82, 2.24) is 15.0 Å². The van der Waals surface area contributed by atoms with Crippen molar-refractivity contribution in [3.05, 3.63) is 164 Å². The summed E-state index contributed by atoms with van der Waals surface area (Å²) in [7, 11) is 0. The fraction of sp³-hybridized carbons (Fsp3) is 0. The highest BCUT2D eigenvalue weighted by Crippen LogP contribution is 2.42. The van der Waals surface area contributed by atoms with Crippen LogP contribution in [0.25, 0.3) is 109 Å². The van der Waals surface area contributed by atoms with E-state index in [1.165, 1.54) is 36.7 Å². The van der Waals surface area contributed by atoms with Crippen LogP contribution in [0.15, 0.2) is 168 Å². The summed E-state index contributed by atoms with van der Waals surface area (Å²) < 4.78 is 9.17. The summed E-state index contributed by atoms with van der Waals surface area (Å²) in [4.78, 5) is 15.5. The predicted octanol–water partition coefficient (Wildman–Crippen LogP) is 13.1. The van der Waals surface area contributed by atoms with Gasteiger partial charge in [0, 0.05) is 53.0 Å². The normalized spacial score (nSPS) is 11.8. The Morgan fingerprint density at radius 1 is 0.385 bits per heavy atom. The fourth-order valence-corrected chi connectivity index (χ4v) is 8.77. The van der Waals surface area contributed by atoms with Crippen molar-refractivity contribution in [3.8, 4) is 45.3 Å². The van der Waals surface area contributed by atoms with Crippen LogP contribution in [0.1, 0.15) is 0 Å². The molecule has 0 N–H and O–H groups in total. The summed E-state index contributed by atoms with van der Waals surface area (Å²) in [5.74, 6) is 1.87. The number of hydrogen-bond donors (Lipinski definition) is 0. The number of thiophene rings is 1. The van der Waals surface area contributed by atoms with Crippen LogP contribution in [-0.4, -0.2) is 15.0 Å². The molecule has 3 heterocycles. The number of rotatable bonds is 4. The first-order valence-corrected chi connectivity index (χ1v) is 18.2. The molecule has 0 radical (unpaired) electrons. The third kappa shape index (κ3) is 4.57. The number of nitrogens with zero attached hydrogens (tertiary/aromatic N) is 3. The Bertz CT molecular complexity index is 3200. The lowest BCUT2D eigenvalue weighted by molar-refractivity contribution is 0.673. The van der Waals surface area contributed by atoms with Crippen LogP contribution in [0.3, 0.4) is 0 Å². The zero-order chi connectivity index (χ0) is 34.2. The SMILES string of the molecule is c1ccc(-c2cc3c4ccc(-c5nc(-c6ccc7ccccc7c6)nc(-c6cccc7sc8ccccc8c67)n5)cc4oc3c3ccccc23)cc1. The van der Waals surface area contributed by atoms with Gasteiger partial charge in [0.15, 0.2) is 17.5 Å². The van der Waals surface area contributed by atoms with Crippen LogP contribution in [0.4, 0.5) is 0 Å². The van der Waals surface area contributed by atoms with Crippen LogP contribution in [0.2, 0.25) is 0 Å². The molecular formula is C47H27N3OS. The molecule has 5 heteroatoms. The Hall–Kier alpha value is -6.69. The molecule has 0 aliphatic rings. The zero-order valence-electron chi connectivity index (χ0n) is 27.7. The molecule has 4 nitrogen and oxygen atoms in total. The Kier molecular flexibility index (Phi) is 6.39. The van der Waals surface area contributed by atoms with Gasteiger partial charge in [-0.05, 0) is 63.7 Å². The molecule has 0 atom stereocenters. The molecule has 3 aromatic heterocycles. The van der Waals surface area contributed by atoms with Gasteiger partial charge < -0.3 is 4.42 Å². The maximum absolute atomic E-state index is 6.72. The standard InChI is InChI=1S/C47H27N3OS/c1-2-12-29(13-3-1)38-27-39-34-24-23-32(26-40(34)51-44(39)35-16-7-6-15-33(35)38)46-48-45(31-22-21-28-11-4-5-14-30(28)25-31)49-47(50-46)37-18-10-20-42-43(37)36-17-8-9-19-41(36)52-42/h1-27H. The number of aromatic nitrogens is 3. The third-order valence-electron chi connectivity index (χ3n) is 10.1. The number of benzene rings is 8. The van der Waals surface area contributed by atoms with Gasteiger partial charge in [-0.2, -0.15) is 0 Å². The van der Waals surface area contributed by atoms with Gasteiger partial charge in [0.1, 0.15) is 11.2 Å². The van der Waals surface area contributed by atoms with Crippen molar-refractivity contribution in [2.75, 3.05) is 0 Å². The van der Waals surface area contributed by atoms with E-state index >= 15 is 0 Å². The molecule has 0 amide bonds. The lowest BCUT2D eigenvalue weighted by Gasteiger charge is -2.10. The first-order chi connectivity index (χ1) is 25.7. The average Bonchev–Trinajstić information content (AvgIpc) is 3.79. The minimum absolute atomic E-state index is 0.599. The van der Waals surface area contributed by atoms with Gasteiger partial charge in [-0.25, -0.2) is 15.0 Å². The summed E-state index contributed by atoms with van der Waals surface area (Å²) in [6, 6.07) is 57.4. The molecule has 0 saturated carbocycles. The van der Waals surface area contributed by atoms with E-state index in [1.54, 1.807) is 11.3 Å². The predicted molar refractivity (Wildman–Crippen MR) is 217 cm³/mol. The lowest BCUT2D eigenvalue weighted by Crippen LogP contribution is -2.00. The summed E-state index contributed by atoms with van der Waals surface area (Å²) in [5.41, 5.74) is 6.84. The van der Waals surface area contributed by atoms with E-state index in [9.17, 15) is 0 Å². The molecule has 0 saturated heterocycles. The molecule has 242 valence electrons. The van der Waals surface area contributed by atoms with Crippen LogP contribution in [-0.2, 0) is 0 Å². The van der Waals surface area contributed by atoms with E-state index in [0.29, 0.717) is 17.5 Å². The summed E-state index contributed by atoms with van der Waals surface area (Å²) in [6.07, 6.45) is 0. The van der Waals surface area contributed by atoms with Crippen molar-refractivity contribution in [2.45, 2.75) is 0 Å². The van der Waals surface area contributed by atoms with Gasteiger partial charge in [0.05, 0.1) is 0 Å². The first-order valence-electron chi connectivity index (χ1n) is 17.3. The highest BCUT2D eigenvalue weighted by molar-refractivity contribution is 7.25. The van der Waals surface area contributed by atoms with Crippen molar-refractivity contribution >= 4 is 75.0 Å². The second kappa shape index (κ2) is 11.4. The second-order valence-electron chi connectivity index (χ2n) is 13.2. The van der Waals surface area contributed by atoms with E-state index in [1.807, 2.05) is 0 Å². The Balaban J connectivity index is 1.14. The van der Waals surface area contributed by atoms with Gasteiger partial charge in [-0.3, -0.25) is 0 Å². The Morgan fingerprint density at radius 2 is 1.06 bits per heavy atom. The van der Waals surface area contributed by atoms with Crippen molar-refractivity contribution in [1.29, 1.82) is 0 Å². The van der Waals surface area contributed by atoms with Crippen molar-refractivity contribution < 1.29 is 4.42 Å². The molecule has 0 bridgehead atoms. The zero-order valence-corrected chi connectivity index (χ0v) is 28.6. The topological polar surface area (TPSA) is 51.8 Å². The maximum Gasteiger partial charge on any atom is 0.164 e. The quantitative estimate of drug-likeness (QED) is 0.185. The average molecular weight is 682 g/mol. The molecule has 8 aromatic carbocycles. The maximum atomic E-state index is 6.72. The molecule has 0 unspecified atom stereocenters. The van der Waals surface area contributed by atoms with Crippen LogP contribution < -0.4 is 0 Å². The second-order valence-corrected chi connectivity index (χ2v) is 14.3. The van der Waals surface area contributed by atoms with Crippen LogP contribution in [0.5, 0.6) is 0 Å². The minimum Gasteiger partial charge on any atom is -0.455 e. The highest BCUT2D eigenvalue weighted by Gasteiger charge is 2.19.